The Bertz CT molecular complexity index is 364. The van der Waals surface area contributed by atoms with Gasteiger partial charge in [0.15, 0.2) is 5.82 Å². The molecule has 0 aromatic carbocycles. The van der Waals surface area contributed by atoms with Gasteiger partial charge in [0, 0.05) is 0 Å². The highest BCUT2D eigenvalue weighted by Gasteiger charge is 2.34. The summed E-state index contributed by atoms with van der Waals surface area (Å²) in [6.07, 6.45) is -2.51. The van der Waals surface area contributed by atoms with E-state index in [1.807, 2.05) is 0 Å². The molecule has 3 nitrogen and oxygen atoms in total. The molecule has 0 aliphatic carbocycles. The Morgan fingerprint density at radius 2 is 2.00 bits per heavy atom. The summed E-state index contributed by atoms with van der Waals surface area (Å²) in [5.74, 6) is -0.292. The third-order valence-electron chi connectivity index (χ3n) is 1.04. The van der Waals surface area contributed by atoms with Crippen LogP contribution in [0.2, 0.25) is 5.15 Å². The van der Waals surface area contributed by atoms with E-state index < -0.39 is 11.3 Å². The van der Waals surface area contributed by atoms with E-state index in [2.05, 4.69) is 15.0 Å². The maximum Gasteiger partial charge on any atom is 0.444 e. The molecule has 0 radical (unpaired) electrons. The summed E-state index contributed by atoms with van der Waals surface area (Å²) in [6.45, 7) is 0. The largest absolute Gasteiger partial charge is 0.444 e. The SMILES string of the molecule is FC(F)(F)C(Cl)=Nc1cncc(Cl)n1. The molecule has 1 heterocycles. The minimum Gasteiger partial charge on any atom is -0.258 e. The Labute approximate surface area is 86.6 Å². The highest BCUT2D eigenvalue weighted by Crippen LogP contribution is 2.22. The van der Waals surface area contributed by atoms with Crippen molar-refractivity contribution >= 4 is 34.2 Å². The van der Waals surface area contributed by atoms with Gasteiger partial charge in [0.1, 0.15) is 5.15 Å². The average Bonchev–Trinajstić information content (AvgIpc) is 2.02. The Kier molecular flexibility index (Phi) is 3.28. The topological polar surface area (TPSA) is 38.1 Å². The van der Waals surface area contributed by atoms with Gasteiger partial charge in [-0.05, 0) is 0 Å². The van der Waals surface area contributed by atoms with Crippen molar-refractivity contribution in [3.63, 3.8) is 0 Å². The van der Waals surface area contributed by atoms with Crippen LogP contribution in [-0.2, 0) is 0 Å². The van der Waals surface area contributed by atoms with Gasteiger partial charge >= 0.3 is 6.18 Å². The Morgan fingerprint density at radius 3 is 2.50 bits per heavy atom. The smallest absolute Gasteiger partial charge is 0.258 e. The second-order valence-electron chi connectivity index (χ2n) is 2.10. The van der Waals surface area contributed by atoms with Crippen molar-refractivity contribution in [3.05, 3.63) is 17.5 Å². The summed E-state index contributed by atoms with van der Waals surface area (Å²) in [4.78, 5) is 9.94. The zero-order chi connectivity index (χ0) is 10.8. The molecule has 0 fully saturated rings. The molecule has 0 spiro atoms. The van der Waals surface area contributed by atoms with E-state index in [1.165, 1.54) is 6.20 Å². The zero-order valence-corrected chi connectivity index (χ0v) is 7.90. The highest BCUT2D eigenvalue weighted by atomic mass is 35.5. The first-order valence-corrected chi connectivity index (χ1v) is 3.94. The van der Waals surface area contributed by atoms with Crippen molar-refractivity contribution in [3.8, 4) is 0 Å². The number of hydrogen-bond donors (Lipinski definition) is 0. The van der Waals surface area contributed by atoms with Crippen LogP contribution in [0.25, 0.3) is 0 Å². The van der Waals surface area contributed by atoms with Crippen LogP contribution in [0.4, 0.5) is 19.0 Å². The standard InChI is InChI=1S/C6H2Cl2F3N3/c7-3-1-12-2-4(13-3)14-5(8)6(9,10)11/h1-2H. The molecule has 0 saturated carbocycles. The minimum absolute atomic E-state index is 0.0575. The van der Waals surface area contributed by atoms with Crippen LogP contribution in [0.3, 0.4) is 0 Å². The Morgan fingerprint density at radius 1 is 1.36 bits per heavy atom. The zero-order valence-electron chi connectivity index (χ0n) is 6.39. The average molecular weight is 244 g/mol. The molecule has 0 unspecified atom stereocenters. The van der Waals surface area contributed by atoms with Gasteiger partial charge < -0.3 is 0 Å². The summed E-state index contributed by atoms with van der Waals surface area (Å²) in [5, 5.41) is -1.58. The summed E-state index contributed by atoms with van der Waals surface area (Å²) in [5.41, 5.74) is 0. The fourth-order valence-electron chi connectivity index (χ4n) is 0.550. The normalized spacial score (nSPS) is 13.1. The van der Waals surface area contributed by atoms with Crippen molar-refractivity contribution in [1.29, 1.82) is 0 Å². The lowest BCUT2D eigenvalue weighted by molar-refractivity contribution is -0.0558. The lowest BCUT2D eigenvalue weighted by Gasteiger charge is -2.01. The first-order chi connectivity index (χ1) is 6.39. The number of rotatable bonds is 1. The number of aliphatic imine (C=N–C) groups is 1. The summed E-state index contributed by atoms with van der Waals surface area (Å²) >= 11 is 10.2. The molecule has 0 atom stereocenters. The third kappa shape index (κ3) is 3.12. The molecule has 0 aliphatic heterocycles. The number of alkyl halides is 3. The Balaban J connectivity index is 2.98. The second kappa shape index (κ2) is 4.10. The van der Waals surface area contributed by atoms with Gasteiger partial charge in [0.05, 0.1) is 12.4 Å². The van der Waals surface area contributed by atoms with Crippen molar-refractivity contribution < 1.29 is 13.2 Å². The van der Waals surface area contributed by atoms with E-state index in [0.29, 0.717) is 0 Å². The first-order valence-electron chi connectivity index (χ1n) is 3.18. The molecular formula is C6H2Cl2F3N3. The predicted octanol–water partition coefficient (Wildman–Crippen LogP) is 2.96. The van der Waals surface area contributed by atoms with Crippen LogP contribution in [0.1, 0.15) is 0 Å². The molecule has 0 saturated heterocycles. The van der Waals surface area contributed by atoms with E-state index in [4.69, 9.17) is 23.2 Å². The van der Waals surface area contributed by atoms with E-state index in [-0.39, 0.29) is 11.0 Å². The molecule has 0 amide bonds. The molecular weight excluding hydrogens is 242 g/mol. The van der Waals surface area contributed by atoms with Gasteiger partial charge in [-0.1, -0.05) is 23.2 Å². The lowest BCUT2D eigenvalue weighted by Crippen LogP contribution is -2.16. The van der Waals surface area contributed by atoms with Crippen molar-refractivity contribution in [2.24, 2.45) is 4.99 Å². The Hall–Kier alpha value is -0.880. The monoisotopic (exact) mass is 243 g/mol. The minimum atomic E-state index is -4.69. The molecule has 0 aliphatic rings. The molecule has 8 heteroatoms. The van der Waals surface area contributed by atoms with Crippen LogP contribution < -0.4 is 0 Å². The van der Waals surface area contributed by atoms with E-state index in [0.717, 1.165) is 6.20 Å². The van der Waals surface area contributed by atoms with E-state index in [1.54, 1.807) is 0 Å². The molecule has 1 aromatic heterocycles. The second-order valence-corrected chi connectivity index (χ2v) is 2.85. The molecule has 1 rings (SSSR count). The van der Waals surface area contributed by atoms with Gasteiger partial charge in [-0.25, -0.2) is 9.98 Å². The van der Waals surface area contributed by atoms with E-state index in [9.17, 15) is 13.2 Å². The maximum atomic E-state index is 11.9. The number of nitrogens with zero attached hydrogens (tertiary/aromatic N) is 3. The first kappa shape index (κ1) is 11.2. The molecule has 0 N–H and O–H groups in total. The number of aromatic nitrogens is 2. The van der Waals surface area contributed by atoms with Crippen molar-refractivity contribution in [2.45, 2.75) is 6.18 Å². The fourth-order valence-corrected chi connectivity index (χ4v) is 0.780. The number of hydrogen-bond acceptors (Lipinski definition) is 3. The highest BCUT2D eigenvalue weighted by molar-refractivity contribution is 6.67. The molecule has 14 heavy (non-hydrogen) atoms. The lowest BCUT2D eigenvalue weighted by atomic mass is 10.6. The van der Waals surface area contributed by atoms with Gasteiger partial charge in [-0.3, -0.25) is 4.98 Å². The maximum absolute atomic E-state index is 11.9. The predicted molar refractivity (Wildman–Crippen MR) is 46.0 cm³/mol. The number of halogens is 5. The van der Waals surface area contributed by atoms with Crippen LogP contribution in [-0.4, -0.2) is 21.3 Å². The molecule has 76 valence electrons. The molecule has 0 bridgehead atoms. The van der Waals surface area contributed by atoms with Gasteiger partial charge in [0.25, 0.3) is 0 Å². The van der Waals surface area contributed by atoms with Crippen LogP contribution >= 0.6 is 23.2 Å². The van der Waals surface area contributed by atoms with Gasteiger partial charge in [-0.2, -0.15) is 13.2 Å². The van der Waals surface area contributed by atoms with Crippen LogP contribution in [0.5, 0.6) is 0 Å². The van der Waals surface area contributed by atoms with Gasteiger partial charge in [-0.15, -0.1) is 0 Å². The summed E-state index contributed by atoms with van der Waals surface area (Å²) in [7, 11) is 0. The summed E-state index contributed by atoms with van der Waals surface area (Å²) < 4.78 is 35.7. The van der Waals surface area contributed by atoms with Crippen LogP contribution in [0, 0.1) is 0 Å². The quantitative estimate of drug-likeness (QED) is 0.712. The van der Waals surface area contributed by atoms with Crippen molar-refractivity contribution in [1.82, 2.24) is 9.97 Å². The van der Waals surface area contributed by atoms with Crippen LogP contribution in [0.15, 0.2) is 17.4 Å². The summed E-state index contributed by atoms with van der Waals surface area (Å²) in [6, 6.07) is 0. The van der Waals surface area contributed by atoms with Crippen molar-refractivity contribution in [2.75, 3.05) is 0 Å². The third-order valence-corrected chi connectivity index (χ3v) is 1.52. The fraction of sp³-hybridized carbons (Fsp3) is 0.167. The van der Waals surface area contributed by atoms with Gasteiger partial charge in [0.2, 0.25) is 5.17 Å². The van der Waals surface area contributed by atoms with E-state index >= 15 is 0 Å². The molecule has 1 aromatic rings.